The van der Waals surface area contributed by atoms with Gasteiger partial charge in [0.05, 0.1) is 12.1 Å². The zero-order valence-corrected chi connectivity index (χ0v) is 13.8. The number of hydrogen-bond donors (Lipinski definition) is 0. The Morgan fingerprint density at radius 2 is 1.73 bits per heavy atom. The summed E-state index contributed by atoms with van der Waals surface area (Å²) in [6.07, 6.45) is -2.63. The van der Waals surface area contributed by atoms with Crippen molar-refractivity contribution in [2.24, 2.45) is 0 Å². The van der Waals surface area contributed by atoms with Gasteiger partial charge in [-0.1, -0.05) is 24.3 Å². The number of alkyl halides is 3. The molecule has 0 bridgehead atoms. The highest BCUT2D eigenvalue weighted by Crippen LogP contribution is 2.35. The highest BCUT2D eigenvalue weighted by atomic mass is 19.4. The third kappa shape index (κ3) is 3.07. The Balaban J connectivity index is 1.77. The number of aromatic nitrogens is 1. The van der Waals surface area contributed by atoms with Gasteiger partial charge in [0.15, 0.2) is 0 Å². The predicted octanol–water partition coefficient (Wildman–Crippen LogP) is 5.21. The molecular weight excluding hydrogens is 344 g/mol. The van der Waals surface area contributed by atoms with Gasteiger partial charge in [-0.2, -0.15) is 13.2 Å². The van der Waals surface area contributed by atoms with Gasteiger partial charge in [-0.15, -0.1) is 0 Å². The van der Waals surface area contributed by atoms with Gasteiger partial charge >= 0.3 is 6.18 Å². The van der Waals surface area contributed by atoms with Crippen molar-refractivity contribution in [2.75, 3.05) is 4.90 Å². The van der Waals surface area contributed by atoms with E-state index in [-0.39, 0.29) is 12.1 Å². The van der Waals surface area contributed by atoms with Gasteiger partial charge in [0.2, 0.25) is 0 Å². The van der Waals surface area contributed by atoms with Crippen LogP contribution in [-0.4, -0.2) is 4.57 Å². The Morgan fingerprint density at radius 1 is 0.923 bits per heavy atom. The summed E-state index contributed by atoms with van der Waals surface area (Å²) in [7, 11) is 0. The van der Waals surface area contributed by atoms with Crippen LogP contribution in [0.4, 0.5) is 23.2 Å². The molecule has 3 aromatic rings. The minimum absolute atomic E-state index is 0.0529. The van der Waals surface area contributed by atoms with Crippen LogP contribution in [0.5, 0.6) is 0 Å². The minimum atomic E-state index is -4.59. The molecule has 0 spiro atoms. The fourth-order valence-electron chi connectivity index (χ4n) is 3.46. The SMILES string of the molecule is Fc1ccc(CN2Cc3cccn3Cc3ccccc32)c(C(F)(F)F)c1. The normalized spacial score (nSPS) is 13.9. The average molecular weight is 360 g/mol. The van der Waals surface area contributed by atoms with E-state index in [1.54, 1.807) is 0 Å². The summed E-state index contributed by atoms with van der Waals surface area (Å²) in [5.41, 5.74) is 2.10. The summed E-state index contributed by atoms with van der Waals surface area (Å²) in [4.78, 5) is 1.91. The highest BCUT2D eigenvalue weighted by Gasteiger charge is 2.34. The molecule has 4 rings (SSSR count). The first-order chi connectivity index (χ1) is 12.4. The molecule has 6 heteroatoms. The predicted molar refractivity (Wildman–Crippen MR) is 91.3 cm³/mol. The second-order valence-electron chi connectivity index (χ2n) is 6.41. The first-order valence-corrected chi connectivity index (χ1v) is 8.24. The number of rotatable bonds is 2. The van der Waals surface area contributed by atoms with Crippen LogP contribution in [0.3, 0.4) is 0 Å². The summed E-state index contributed by atoms with van der Waals surface area (Å²) in [5, 5.41) is 0. The monoisotopic (exact) mass is 360 g/mol. The molecule has 0 atom stereocenters. The van der Waals surface area contributed by atoms with Crippen molar-refractivity contribution in [2.45, 2.75) is 25.8 Å². The second-order valence-corrected chi connectivity index (χ2v) is 6.41. The highest BCUT2D eigenvalue weighted by molar-refractivity contribution is 5.56. The van der Waals surface area contributed by atoms with Crippen molar-refractivity contribution in [1.29, 1.82) is 0 Å². The maximum atomic E-state index is 13.4. The van der Waals surface area contributed by atoms with E-state index in [2.05, 4.69) is 4.57 Å². The number of anilines is 1. The molecule has 1 aliphatic heterocycles. The van der Waals surface area contributed by atoms with Crippen molar-refractivity contribution in [3.8, 4) is 0 Å². The maximum Gasteiger partial charge on any atom is 0.416 e. The Morgan fingerprint density at radius 3 is 2.54 bits per heavy atom. The van der Waals surface area contributed by atoms with Crippen molar-refractivity contribution >= 4 is 5.69 Å². The molecule has 0 radical (unpaired) electrons. The summed E-state index contributed by atoms with van der Waals surface area (Å²) < 4.78 is 55.6. The first kappa shape index (κ1) is 16.7. The molecule has 2 nitrogen and oxygen atoms in total. The Labute approximate surface area is 148 Å². The minimum Gasteiger partial charge on any atom is -0.361 e. The van der Waals surface area contributed by atoms with Crippen LogP contribution in [-0.2, 0) is 25.8 Å². The van der Waals surface area contributed by atoms with Gasteiger partial charge in [0.25, 0.3) is 0 Å². The lowest BCUT2D eigenvalue weighted by Gasteiger charge is -2.26. The van der Waals surface area contributed by atoms with Crippen LogP contribution < -0.4 is 4.90 Å². The maximum absolute atomic E-state index is 13.4. The molecule has 1 aromatic heterocycles. The summed E-state index contributed by atoms with van der Waals surface area (Å²) in [6.45, 7) is 1.21. The lowest BCUT2D eigenvalue weighted by Crippen LogP contribution is -2.24. The summed E-state index contributed by atoms with van der Waals surface area (Å²) in [6, 6.07) is 14.5. The fraction of sp³-hybridized carbons (Fsp3) is 0.200. The average Bonchev–Trinajstić information content (AvgIpc) is 2.96. The van der Waals surface area contributed by atoms with Crippen molar-refractivity contribution < 1.29 is 17.6 Å². The van der Waals surface area contributed by atoms with Gasteiger partial charge < -0.3 is 9.47 Å². The van der Waals surface area contributed by atoms with Crippen LogP contribution in [0.25, 0.3) is 0 Å². The number of nitrogens with zero attached hydrogens (tertiary/aromatic N) is 2. The molecule has 0 saturated heterocycles. The van der Waals surface area contributed by atoms with Crippen LogP contribution >= 0.6 is 0 Å². The zero-order valence-electron chi connectivity index (χ0n) is 13.8. The van der Waals surface area contributed by atoms with Crippen molar-refractivity contribution in [3.63, 3.8) is 0 Å². The second kappa shape index (κ2) is 6.20. The lowest BCUT2D eigenvalue weighted by atomic mass is 10.0. The van der Waals surface area contributed by atoms with E-state index in [0.717, 1.165) is 23.0 Å². The number of fused-ring (bicyclic) bond motifs is 2. The zero-order chi connectivity index (χ0) is 18.3. The molecule has 2 aromatic carbocycles. The molecule has 1 aliphatic rings. The van der Waals surface area contributed by atoms with Gasteiger partial charge in [-0.3, -0.25) is 0 Å². The van der Waals surface area contributed by atoms with Crippen LogP contribution in [0.15, 0.2) is 60.8 Å². The summed E-state index contributed by atoms with van der Waals surface area (Å²) in [5.74, 6) is -0.883. The standard InChI is InChI=1S/C20H16F4N2/c21-16-8-7-14(18(10-16)20(22,23)24)11-26-13-17-5-3-9-25(17)12-15-4-1-2-6-19(15)26/h1-10H,11-13H2. The Kier molecular flexibility index (Phi) is 3.98. The van der Waals surface area contributed by atoms with Crippen LogP contribution in [0, 0.1) is 5.82 Å². The molecule has 0 saturated carbocycles. The number of halogens is 4. The molecule has 0 N–H and O–H groups in total. The van der Waals surface area contributed by atoms with E-state index in [0.29, 0.717) is 19.2 Å². The van der Waals surface area contributed by atoms with Crippen molar-refractivity contribution in [1.82, 2.24) is 4.57 Å². The van der Waals surface area contributed by atoms with Gasteiger partial charge in [0.1, 0.15) is 5.82 Å². The number of benzene rings is 2. The third-order valence-electron chi connectivity index (χ3n) is 4.69. The van der Waals surface area contributed by atoms with Crippen molar-refractivity contribution in [3.05, 3.63) is 89.0 Å². The molecule has 0 unspecified atom stereocenters. The molecule has 26 heavy (non-hydrogen) atoms. The number of para-hydroxylation sites is 1. The van der Waals surface area contributed by atoms with E-state index >= 15 is 0 Å². The largest absolute Gasteiger partial charge is 0.416 e. The van der Waals surface area contributed by atoms with E-state index in [1.807, 2.05) is 47.5 Å². The smallest absolute Gasteiger partial charge is 0.361 e. The molecule has 0 amide bonds. The molecular formula is C20H16F4N2. The topological polar surface area (TPSA) is 8.17 Å². The van der Waals surface area contributed by atoms with Crippen LogP contribution in [0.1, 0.15) is 22.4 Å². The van der Waals surface area contributed by atoms with E-state index in [1.165, 1.54) is 6.07 Å². The van der Waals surface area contributed by atoms with E-state index in [4.69, 9.17) is 0 Å². The first-order valence-electron chi connectivity index (χ1n) is 8.24. The van der Waals surface area contributed by atoms with Gasteiger partial charge in [-0.05, 0) is 41.5 Å². The number of hydrogen-bond acceptors (Lipinski definition) is 1. The van der Waals surface area contributed by atoms with Gasteiger partial charge in [0, 0.05) is 30.7 Å². The van der Waals surface area contributed by atoms with E-state index < -0.39 is 17.6 Å². The molecule has 134 valence electrons. The summed E-state index contributed by atoms with van der Waals surface area (Å²) >= 11 is 0. The lowest BCUT2D eigenvalue weighted by molar-refractivity contribution is -0.138. The molecule has 2 heterocycles. The molecule has 0 aliphatic carbocycles. The fourth-order valence-corrected chi connectivity index (χ4v) is 3.46. The van der Waals surface area contributed by atoms with E-state index in [9.17, 15) is 17.6 Å². The molecule has 0 fully saturated rings. The Bertz CT molecular complexity index is 943. The quantitative estimate of drug-likeness (QED) is 0.569. The van der Waals surface area contributed by atoms with Crippen LogP contribution in [0.2, 0.25) is 0 Å². The Hall–Kier alpha value is -2.76. The van der Waals surface area contributed by atoms with Gasteiger partial charge in [-0.25, -0.2) is 4.39 Å². The third-order valence-corrected chi connectivity index (χ3v) is 4.69.